The lowest BCUT2D eigenvalue weighted by atomic mass is 10.1. The highest BCUT2D eigenvalue weighted by atomic mass is 35.5. The Morgan fingerprint density at radius 2 is 1.96 bits per heavy atom. The summed E-state index contributed by atoms with van der Waals surface area (Å²) in [5.74, 6) is 1.31. The number of methoxy groups -OCH3 is 1. The second kappa shape index (κ2) is 6.79. The summed E-state index contributed by atoms with van der Waals surface area (Å²) in [7, 11) is 1.59. The summed E-state index contributed by atoms with van der Waals surface area (Å²) in [6, 6.07) is 13.0. The molecule has 0 saturated carbocycles. The molecule has 2 aliphatic heterocycles. The van der Waals surface area contributed by atoms with Gasteiger partial charge in [0, 0.05) is 23.7 Å². The van der Waals surface area contributed by atoms with E-state index in [1.165, 1.54) is 0 Å². The van der Waals surface area contributed by atoms with E-state index in [1.54, 1.807) is 18.1 Å². The number of benzene rings is 2. The first kappa shape index (κ1) is 17.1. The molecule has 0 radical (unpaired) electrons. The number of β-amino-alcohol motifs (C(OH)–C–C–N with tert-alkyl or cyclic N) is 1. The number of hydrogen-bond acceptors (Lipinski definition) is 6. The van der Waals surface area contributed by atoms with Crippen LogP contribution in [0.25, 0.3) is 0 Å². The molecular weight excluding hydrogens is 354 g/mol. The maximum absolute atomic E-state index is 10.8. The Labute approximate surface area is 156 Å². The van der Waals surface area contributed by atoms with Gasteiger partial charge in [0.25, 0.3) is 0 Å². The van der Waals surface area contributed by atoms with Crippen LogP contribution in [0.15, 0.2) is 47.5 Å². The fourth-order valence-corrected chi connectivity index (χ4v) is 3.69. The first-order valence-corrected chi connectivity index (χ1v) is 8.87. The minimum absolute atomic E-state index is 0.377. The van der Waals surface area contributed by atoms with Crippen LogP contribution in [-0.4, -0.2) is 53.6 Å². The van der Waals surface area contributed by atoms with Gasteiger partial charge in [-0.1, -0.05) is 23.7 Å². The molecule has 2 aromatic rings. The average molecular weight is 374 g/mol. The second-order valence-corrected chi connectivity index (χ2v) is 6.83. The van der Waals surface area contributed by atoms with Gasteiger partial charge in [-0.05, 0) is 36.8 Å². The number of halogens is 1. The van der Waals surface area contributed by atoms with Crippen LogP contribution in [0.3, 0.4) is 0 Å². The summed E-state index contributed by atoms with van der Waals surface area (Å²) < 4.78 is 5.46. The van der Waals surface area contributed by atoms with E-state index >= 15 is 0 Å². The Kier molecular flexibility index (Phi) is 4.48. The molecule has 26 heavy (non-hydrogen) atoms. The van der Waals surface area contributed by atoms with E-state index < -0.39 is 6.35 Å². The van der Waals surface area contributed by atoms with Crippen molar-refractivity contribution in [3.63, 3.8) is 0 Å². The second-order valence-electron chi connectivity index (χ2n) is 6.39. The van der Waals surface area contributed by atoms with Crippen molar-refractivity contribution in [1.29, 1.82) is 0 Å². The topological polar surface area (TPSA) is 68.5 Å². The molecule has 2 aliphatic rings. The summed E-state index contributed by atoms with van der Waals surface area (Å²) in [4.78, 5) is 8.22. The van der Waals surface area contributed by atoms with E-state index in [9.17, 15) is 10.2 Å². The van der Waals surface area contributed by atoms with Gasteiger partial charge in [-0.25, -0.2) is 4.99 Å². The summed E-state index contributed by atoms with van der Waals surface area (Å²) in [5, 5.41) is 21.3. The number of rotatable bonds is 2. The number of hydrogen-bond donors (Lipinski definition) is 2. The molecule has 2 aromatic carbocycles. The zero-order valence-electron chi connectivity index (χ0n) is 14.3. The molecule has 136 valence electrons. The highest BCUT2D eigenvalue weighted by Gasteiger charge is 2.34. The maximum Gasteiger partial charge on any atom is 0.232 e. The van der Waals surface area contributed by atoms with Gasteiger partial charge in [-0.2, -0.15) is 0 Å². The molecule has 0 aliphatic carbocycles. The molecule has 1 saturated heterocycles. The van der Waals surface area contributed by atoms with Crippen LogP contribution >= 0.6 is 11.6 Å². The predicted octanol–water partition coefficient (Wildman–Crippen LogP) is 2.59. The van der Waals surface area contributed by atoms with E-state index in [2.05, 4.69) is 4.99 Å². The van der Waals surface area contributed by atoms with Gasteiger partial charge in [-0.15, -0.1) is 0 Å². The monoisotopic (exact) mass is 373 g/mol. The largest absolute Gasteiger partial charge is 0.495 e. The van der Waals surface area contributed by atoms with Gasteiger partial charge in [0.2, 0.25) is 6.35 Å². The smallest absolute Gasteiger partial charge is 0.232 e. The van der Waals surface area contributed by atoms with Crippen molar-refractivity contribution >= 4 is 28.8 Å². The molecule has 0 amide bonds. The number of aliphatic hydroxyl groups is 2. The number of amidine groups is 1. The fourth-order valence-electron chi connectivity index (χ4n) is 3.52. The normalized spacial score (nSPS) is 22.2. The highest BCUT2D eigenvalue weighted by Crippen LogP contribution is 2.41. The van der Waals surface area contributed by atoms with Gasteiger partial charge < -0.3 is 19.8 Å². The lowest BCUT2D eigenvalue weighted by Crippen LogP contribution is -2.41. The number of aliphatic hydroxyl groups excluding tert-OH is 2. The molecule has 4 rings (SSSR count). The summed E-state index contributed by atoms with van der Waals surface area (Å²) in [6.45, 7) is 1.20. The third-order valence-corrected chi connectivity index (χ3v) is 4.97. The number of likely N-dealkylation sites (tertiary alicyclic amines) is 1. The lowest BCUT2D eigenvalue weighted by Gasteiger charge is -2.36. The van der Waals surface area contributed by atoms with Gasteiger partial charge >= 0.3 is 0 Å². The molecule has 6 nitrogen and oxygen atoms in total. The zero-order chi connectivity index (χ0) is 18.3. The molecule has 2 heterocycles. The Hall–Kier alpha value is -2.28. The van der Waals surface area contributed by atoms with E-state index in [0.717, 1.165) is 11.3 Å². The SMILES string of the molecule is COc1ccccc1N1c2cc(Cl)ccc2C(N2CC[C@@H](O)C2)=NC1O. The third-order valence-electron chi connectivity index (χ3n) is 4.74. The quantitative estimate of drug-likeness (QED) is 0.846. The van der Waals surface area contributed by atoms with Crippen molar-refractivity contribution in [3.8, 4) is 5.75 Å². The van der Waals surface area contributed by atoms with E-state index in [0.29, 0.717) is 41.8 Å². The molecule has 2 atom stereocenters. The summed E-state index contributed by atoms with van der Waals surface area (Å²) in [6.07, 6.45) is -0.809. The van der Waals surface area contributed by atoms with E-state index in [-0.39, 0.29) is 6.10 Å². The Balaban J connectivity index is 1.84. The molecular formula is C19H20ClN3O3. The van der Waals surface area contributed by atoms with Crippen molar-refractivity contribution < 1.29 is 14.9 Å². The molecule has 0 spiro atoms. The number of anilines is 2. The minimum atomic E-state index is -1.12. The van der Waals surface area contributed by atoms with Gasteiger partial charge in [0.05, 0.1) is 24.6 Å². The van der Waals surface area contributed by atoms with Crippen LogP contribution in [-0.2, 0) is 0 Å². The Morgan fingerprint density at radius 1 is 1.15 bits per heavy atom. The summed E-state index contributed by atoms with van der Waals surface area (Å²) >= 11 is 6.25. The van der Waals surface area contributed by atoms with Gasteiger partial charge in [0.1, 0.15) is 11.6 Å². The number of nitrogens with zero attached hydrogens (tertiary/aromatic N) is 3. The van der Waals surface area contributed by atoms with Crippen molar-refractivity contribution in [3.05, 3.63) is 53.1 Å². The van der Waals surface area contributed by atoms with Crippen LogP contribution in [0.1, 0.15) is 12.0 Å². The van der Waals surface area contributed by atoms with E-state index in [1.807, 2.05) is 41.3 Å². The molecule has 1 fully saturated rings. The number of para-hydroxylation sites is 2. The van der Waals surface area contributed by atoms with Crippen LogP contribution in [0.2, 0.25) is 5.02 Å². The first-order valence-electron chi connectivity index (χ1n) is 8.49. The standard InChI is InChI=1S/C19H20ClN3O3/c1-26-17-5-3-2-4-15(17)23-16-10-12(20)6-7-14(16)18(21-19(23)25)22-9-8-13(24)11-22/h2-7,10,13,19,24-25H,8-9,11H2,1H3/t13-,19?/m1/s1. The van der Waals surface area contributed by atoms with E-state index in [4.69, 9.17) is 16.3 Å². The van der Waals surface area contributed by atoms with Crippen molar-refractivity contribution in [2.75, 3.05) is 25.1 Å². The van der Waals surface area contributed by atoms with Crippen LogP contribution in [0.4, 0.5) is 11.4 Å². The molecule has 0 bridgehead atoms. The average Bonchev–Trinajstić information content (AvgIpc) is 3.07. The third kappa shape index (κ3) is 2.90. The molecule has 0 aromatic heterocycles. The van der Waals surface area contributed by atoms with Crippen LogP contribution < -0.4 is 9.64 Å². The molecule has 7 heteroatoms. The highest BCUT2D eigenvalue weighted by molar-refractivity contribution is 6.31. The number of ether oxygens (including phenoxy) is 1. The molecule has 2 N–H and O–H groups in total. The van der Waals surface area contributed by atoms with Crippen molar-refractivity contribution in [2.45, 2.75) is 18.9 Å². The lowest BCUT2D eigenvalue weighted by molar-refractivity contribution is 0.180. The minimum Gasteiger partial charge on any atom is -0.495 e. The summed E-state index contributed by atoms with van der Waals surface area (Å²) in [5.41, 5.74) is 2.32. The van der Waals surface area contributed by atoms with Crippen LogP contribution in [0, 0.1) is 0 Å². The molecule has 1 unspecified atom stereocenters. The fraction of sp³-hybridized carbons (Fsp3) is 0.316. The van der Waals surface area contributed by atoms with Crippen molar-refractivity contribution in [1.82, 2.24) is 4.90 Å². The zero-order valence-corrected chi connectivity index (χ0v) is 15.1. The Bertz CT molecular complexity index is 858. The van der Waals surface area contributed by atoms with Gasteiger partial charge in [-0.3, -0.25) is 4.90 Å². The van der Waals surface area contributed by atoms with Gasteiger partial charge in [0.15, 0.2) is 0 Å². The van der Waals surface area contributed by atoms with Crippen molar-refractivity contribution in [2.24, 2.45) is 4.99 Å². The van der Waals surface area contributed by atoms with Crippen LogP contribution in [0.5, 0.6) is 5.75 Å². The Morgan fingerprint density at radius 3 is 2.69 bits per heavy atom. The maximum atomic E-state index is 10.8. The predicted molar refractivity (Wildman–Crippen MR) is 101 cm³/mol. The first-order chi connectivity index (χ1) is 12.6. The number of fused-ring (bicyclic) bond motifs is 1. The number of aliphatic imine (C=N–C) groups is 1.